The number of carbonyl (C=O) groups excluding carboxylic acids is 2. The van der Waals surface area contributed by atoms with E-state index in [-0.39, 0.29) is 12.2 Å². The van der Waals surface area contributed by atoms with E-state index < -0.39 is 24.3 Å². The van der Waals surface area contributed by atoms with E-state index in [0.29, 0.717) is 46.7 Å². The van der Waals surface area contributed by atoms with Crippen LogP contribution >= 0.6 is 11.6 Å². The highest BCUT2D eigenvalue weighted by Crippen LogP contribution is 2.35. The molecular formula is C35H42ClN5O7. The van der Waals surface area contributed by atoms with Crippen molar-refractivity contribution in [3.63, 3.8) is 0 Å². The maximum absolute atomic E-state index is 12.5. The number of methoxy groups -OCH3 is 1. The van der Waals surface area contributed by atoms with Crippen molar-refractivity contribution < 1.29 is 33.6 Å². The quantitative estimate of drug-likeness (QED) is 0.0688. The lowest BCUT2D eigenvalue weighted by molar-refractivity contribution is -0.136. The largest absolute Gasteiger partial charge is 0.490 e. The van der Waals surface area contributed by atoms with E-state index in [9.17, 15) is 14.7 Å². The molecule has 0 unspecified atom stereocenters. The Kier molecular flexibility index (Phi) is 12.9. The summed E-state index contributed by atoms with van der Waals surface area (Å²) in [7, 11) is 1.28. The van der Waals surface area contributed by atoms with Crippen LogP contribution in [0, 0.1) is 0 Å². The number of esters is 1. The highest BCUT2D eigenvalue weighted by molar-refractivity contribution is 6.30. The number of amides is 2. The molecule has 0 aromatic heterocycles. The molecule has 12 nitrogen and oxygen atoms in total. The van der Waals surface area contributed by atoms with Crippen molar-refractivity contribution in [2.75, 3.05) is 38.3 Å². The van der Waals surface area contributed by atoms with Crippen LogP contribution in [0.1, 0.15) is 50.4 Å². The van der Waals surface area contributed by atoms with Gasteiger partial charge in [0.05, 0.1) is 31.5 Å². The van der Waals surface area contributed by atoms with Gasteiger partial charge in [0.25, 0.3) is 0 Å². The molecule has 0 spiro atoms. The highest BCUT2D eigenvalue weighted by Gasteiger charge is 2.32. The van der Waals surface area contributed by atoms with Gasteiger partial charge in [-0.3, -0.25) is 5.43 Å². The van der Waals surface area contributed by atoms with Crippen molar-refractivity contribution in [1.29, 1.82) is 0 Å². The first-order valence-electron chi connectivity index (χ1n) is 15.7. The molecule has 3 aromatic rings. The van der Waals surface area contributed by atoms with Crippen molar-refractivity contribution in [1.82, 2.24) is 16.1 Å². The minimum absolute atomic E-state index is 0.159. The molecule has 0 bridgehead atoms. The Morgan fingerprint density at radius 2 is 1.77 bits per heavy atom. The number of aliphatic hydroxyl groups is 1. The van der Waals surface area contributed by atoms with Gasteiger partial charge in [-0.2, -0.15) is 5.10 Å². The van der Waals surface area contributed by atoms with E-state index >= 15 is 0 Å². The van der Waals surface area contributed by atoms with Gasteiger partial charge in [0, 0.05) is 41.1 Å². The minimum Gasteiger partial charge on any atom is -0.490 e. The smallest absolute Gasteiger partial charge is 0.337 e. The highest BCUT2D eigenvalue weighted by atomic mass is 35.5. The molecule has 13 heteroatoms. The maximum Gasteiger partial charge on any atom is 0.337 e. The first-order chi connectivity index (χ1) is 23.2. The van der Waals surface area contributed by atoms with Gasteiger partial charge in [-0.25, -0.2) is 9.59 Å². The first-order valence-corrected chi connectivity index (χ1v) is 16.0. The topological polar surface area (TPSA) is 143 Å². The van der Waals surface area contributed by atoms with Crippen LogP contribution in [0.5, 0.6) is 17.2 Å². The van der Waals surface area contributed by atoms with Gasteiger partial charge in [0.1, 0.15) is 19.0 Å². The Hall–Kier alpha value is -4.94. The fourth-order valence-electron chi connectivity index (χ4n) is 5.10. The van der Waals surface area contributed by atoms with Crippen LogP contribution < -0.4 is 35.2 Å². The summed E-state index contributed by atoms with van der Waals surface area (Å²) in [5.74, 6) is 0.794. The second-order valence-corrected chi connectivity index (χ2v) is 11.2. The monoisotopic (exact) mass is 679 g/mol. The van der Waals surface area contributed by atoms with E-state index in [4.69, 9.17) is 30.5 Å². The summed E-state index contributed by atoms with van der Waals surface area (Å²) in [5, 5.41) is 20.9. The molecule has 0 saturated carbocycles. The predicted molar refractivity (Wildman–Crippen MR) is 185 cm³/mol. The second kappa shape index (κ2) is 17.3. The third kappa shape index (κ3) is 9.33. The van der Waals surface area contributed by atoms with Crippen LogP contribution in [0.15, 0.2) is 77.0 Å². The Balaban J connectivity index is 1.44. The molecular weight excluding hydrogens is 638 g/mol. The molecule has 1 heterocycles. The third-order valence-electron chi connectivity index (χ3n) is 7.53. The fraction of sp³-hybridized carbons (Fsp3) is 0.343. The number of hydrogen-bond acceptors (Lipinski definition) is 10. The number of nitrogens with zero attached hydrogens (tertiary/aromatic N) is 2. The Bertz CT molecular complexity index is 1630. The van der Waals surface area contributed by atoms with Crippen LogP contribution in [0.4, 0.5) is 10.5 Å². The number of rotatable bonds is 16. The van der Waals surface area contributed by atoms with Crippen molar-refractivity contribution in [3.8, 4) is 17.2 Å². The van der Waals surface area contributed by atoms with Gasteiger partial charge in [-0.15, -0.1) is 0 Å². The number of nitrogens with one attached hydrogen (secondary N) is 3. The van der Waals surface area contributed by atoms with E-state index in [1.54, 1.807) is 31.3 Å². The number of hydrazone groups is 1. The molecule has 48 heavy (non-hydrogen) atoms. The molecule has 4 N–H and O–H groups in total. The summed E-state index contributed by atoms with van der Waals surface area (Å²) in [5.41, 5.74) is 6.65. The molecule has 2 amide bonds. The number of allylic oxidation sites excluding steroid dienone is 1. The van der Waals surface area contributed by atoms with Gasteiger partial charge >= 0.3 is 12.0 Å². The zero-order chi connectivity index (χ0) is 34.6. The van der Waals surface area contributed by atoms with Gasteiger partial charge in [0.2, 0.25) is 0 Å². The summed E-state index contributed by atoms with van der Waals surface area (Å²) in [6.45, 7) is 9.86. The van der Waals surface area contributed by atoms with E-state index in [1.807, 2.05) is 49.4 Å². The van der Waals surface area contributed by atoms with Crippen LogP contribution in [-0.2, 0) is 16.1 Å². The zero-order valence-electron chi connectivity index (χ0n) is 27.7. The predicted octanol–water partition coefficient (Wildman–Crippen LogP) is 5.29. The Labute approximate surface area is 285 Å². The summed E-state index contributed by atoms with van der Waals surface area (Å²) in [4.78, 5) is 26.9. The molecule has 4 rings (SSSR count). The molecule has 2 atom stereocenters. The normalized spacial score (nSPS) is 15.0. The second-order valence-electron chi connectivity index (χ2n) is 10.7. The molecule has 1 aliphatic heterocycles. The summed E-state index contributed by atoms with van der Waals surface area (Å²) in [6.07, 6.45) is 0.415. The number of carbonyl (C=O) groups is 2. The molecule has 0 fully saturated rings. The maximum atomic E-state index is 12.5. The van der Waals surface area contributed by atoms with Crippen molar-refractivity contribution in [3.05, 3.63) is 93.6 Å². The van der Waals surface area contributed by atoms with Crippen molar-refractivity contribution in [2.45, 2.75) is 46.6 Å². The SMILES string of the molecule is CCOc1cc([C@H]2NC(=O)NC(C)=C2C(=O)OC)ccc1OC[C@H](O)N/N=C/c1ccc(N(CC)CC)cc1OCc1ccc(Cl)cc1. The summed E-state index contributed by atoms with van der Waals surface area (Å²) in [6, 6.07) is 17.2. The number of hydrogen-bond donors (Lipinski definition) is 4. The van der Waals surface area contributed by atoms with Gasteiger partial charge in [-0.1, -0.05) is 29.8 Å². The lowest BCUT2D eigenvalue weighted by Gasteiger charge is -2.28. The summed E-state index contributed by atoms with van der Waals surface area (Å²) >= 11 is 6.03. The number of anilines is 1. The first kappa shape index (κ1) is 35.9. The minimum atomic E-state index is -1.16. The van der Waals surface area contributed by atoms with Gasteiger partial charge in [0.15, 0.2) is 17.7 Å². The molecule has 0 radical (unpaired) electrons. The number of ether oxygens (including phenoxy) is 4. The van der Waals surface area contributed by atoms with Crippen LogP contribution in [0.25, 0.3) is 0 Å². The van der Waals surface area contributed by atoms with Gasteiger partial charge in [-0.05, 0) is 75.2 Å². The lowest BCUT2D eigenvalue weighted by atomic mass is 9.95. The van der Waals surface area contributed by atoms with E-state index in [1.165, 1.54) is 7.11 Å². The number of aliphatic hydroxyl groups excluding tert-OH is 1. The number of benzene rings is 3. The average Bonchev–Trinajstić information content (AvgIpc) is 3.08. The molecule has 1 aliphatic rings. The molecule has 3 aromatic carbocycles. The average molecular weight is 680 g/mol. The van der Waals surface area contributed by atoms with E-state index in [0.717, 1.165) is 29.9 Å². The zero-order valence-corrected chi connectivity index (χ0v) is 28.5. The van der Waals surface area contributed by atoms with Crippen molar-refractivity contribution >= 4 is 35.5 Å². The van der Waals surface area contributed by atoms with Crippen LogP contribution in [0.2, 0.25) is 5.02 Å². The van der Waals surface area contributed by atoms with Crippen LogP contribution in [0.3, 0.4) is 0 Å². The number of halogens is 1. The lowest BCUT2D eigenvalue weighted by Crippen LogP contribution is -2.45. The van der Waals surface area contributed by atoms with Crippen LogP contribution in [-0.4, -0.2) is 63.0 Å². The van der Waals surface area contributed by atoms with Crippen molar-refractivity contribution in [2.24, 2.45) is 5.10 Å². The molecule has 0 aliphatic carbocycles. The molecule has 0 saturated heterocycles. The summed E-state index contributed by atoms with van der Waals surface area (Å²) < 4.78 is 22.8. The molecule has 256 valence electrons. The standard InChI is InChI=1S/C35H42ClN5O7/c1-6-41(7-2)27-15-11-25(29(18-27)47-20-23-9-13-26(36)14-10-23)19-37-40-31(42)21-48-28-16-12-24(17-30(28)46-8-3)33-32(34(43)45-5)22(4)38-35(44)39-33/h9-19,31,33,40,42H,6-8,20-21H2,1-5H3,(H2,38,39,44)/b37-19+/t31-,33+/m0/s1. The van der Waals surface area contributed by atoms with E-state index in [2.05, 4.69) is 39.9 Å². The van der Waals surface area contributed by atoms with Gasteiger partial charge < -0.3 is 39.6 Å². The Morgan fingerprint density at radius 3 is 2.46 bits per heavy atom. The third-order valence-corrected chi connectivity index (χ3v) is 7.78. The number of urea groups is 1. The fourth-order valence-corrected chi connectivity index (χ4v) is 5.22. The Morgan fingerprint density at radius 1 is 1.02 bits per heavy atom.